The zero-order valence-electron chi connectivity index (χ0n) is 10.4. The van der Waals surface area contributed by atoms with Crippen LogP contribution in [0.15, 0.2) is 18.2 Å². The van der Waals surface area contributed by atoms with E-state index in [0.717, 1.165) is 5.56 Å². The van der Waals surface area contributed by atoms with Crippen molar-refractivity contribution in [1.82, 2.24) is 0 Å². The van der Waals surface area contributed by atoms with Gasteiger partial charge in [-0.25, -0.2) is 4.79 Å². The molecule has 0 radical (unpaired) electrons. The van der Waals surface area contributed by atoms with Crippen molar-refractivity contribution in [3.8, 4) is 0 Å². The lowest BCUT2D eigenvalue weighted by molar-refractivity contribution is -0.140. The highest BCUT2D eigenvalue weighted by Gasteiger charge is 2.12. The second-order valence-electron chi connectivity index (χ2n) is 3.69. The highest BCUT2D eigenvalue weighted by Crippen LogP contribution is 2.16. The quantitative estimate of drug-likeness (QED) is 0.609. The SMILES string of the molecule is COC(=O)CCc1ccc(CCl)c(C(=O)OC)c1. The first-order valence-corrected chi connectivity index (χ1v) is 5.98. The van der Waals surface area contributed by atoms with Gasteiger partial charge in [-0.3, -0.25) is 4.79 Å². The number of rotatable bonds is 5. The Morgan fingerprint density at radius 2 is 1.94 bits per heavy atom. The molecule has 0 aliphatic heterocycles. The average Bonchev–Trinajstić information content (AvgIpc) is 2.43. The Morgan fingerprint density at radius 3 is 2.50 bits per heavy atom. The van der Waals surface area contributed by atoms with Gasteiger partial charge in [-0.2, -0.15) is 0 Å². The maximum Gasteiger partial charge on any atom is 0.338 e. The summed E-state index contributed by atoms with van der Waals surface area (Å²) in [6.07, 6.45) is 0.788. The predicted molar refractivity (Wildman–Crippen MR) is 67.7 cm³/mol. The van der Waals surface area contributed by atoms with Crippen molar-refractivity contribution in [3.63, 3.8) is 0 Å². The number of methoxy groups -OCH3 is 2. The molecule has 0 fully saturated rings. The number of benzene rings is 1. The van der Waals surface area contributed by atoms with Crippen LogP contribution in [0.5, 0.6) is 0 Å². The third-order valence-corrected chi connectivity index (χ3v) is 2.86. The van der Waals surface area contributed by atoms with Crippen LogP contribution in [-0.4, -0.2) is 26.2 Å². The van der Waals surface area contributed by atoms with Crippen molar-refractivity contribution in [2.24, 2.45) is 0 Å². The molecule has 0 amide bonds. The Labute approximate surface area is 111 Å². The minimum atomic E-state index is -0.425. The molecule has 18 heavy (non-hydrogen) atoms. The number of hydrogen-bond donors (Lipinski definition) is 0. The number of halogens is 1. The normalized spacial score (nSPS) is 9.94. The Balaban J connectivity index is 2.89. The second-order valence-corrected chi connectivity index (χ2v) is 3.96. The topological polar surface area (TPSA) is 52.6 Å². The fourth-order valence-electron chi connectivity index (χ4n) is 1.54. The monoisotopic (exact) mass is 270 g/mol. The van der Waals surface area contributed by atoms with E-state index in [1.807, 2.05) is 6.07 Å². The van der Waals surface area contributed by atoms with Crippen LogP contribution in [0.1, 0.15) is 27.9 Å². The van der Waals surface area contributed by atoms with Crippen LogP contribution in [-0.2, 0) is 26.6 Å². The largest absolute Gasteiger partial charge is 0.469 e. The maximum absolute atomic E-state index is 11.6. The van der Waals surface area contributed by atoms with Gasteiger partial charge in [0.25, 0.3) is 0 Å². The van der Waals surface area contributed by atoms with Crippen molar-refractivity contribution in [1.29, 1.82) is 0 Å². The molecule has 0 spiro atoms. The van der Waals surface area contributed by atoms with E-state index in [1.165, 1.54) is 14.2 Å². The molecule has 0 bridgehead atoms. The summed E-state index contributed by atoms with van der Waals surface area (Å²) >= 11 is 5.75. The van der Waals surface area contributed by atoms with Crippen molar-refractivity contribution >= 4 is 23.5 Å². The smallest absolute Gasteiger partial charge is 0.338 e. The summed E-state index contributed by atoms with van der Waals surface area (Å²) in [6, 6.07) is 5.31. The zero-order valence-corrected chi connectivity index (χ0v) is 11.1. The second kappa shape index (κ2) is 7.01. The molecule has 0 aliphatic rings. The molecule has 0 N–H and O–H groups in total. The van der Waals surface area contributed by atoms with E-state index in [-0.39, 0.29) is 18.3 Å². The van der Waals surface area contributed by atoms with E-state index in [1.54, 1.807) is 12.1 Å². The highest BCUT2D eigenvalue weighted by atomic mass is 35.5. The van der Waals surface area contributed by atoms with Gasteiger partial charge in [0.05, 0.1) is 19.8 Å². The van der Waals surface area contributed by atoms with Crippen molar-refractivity contribution in [3.05, 3.63) is 34.9 Å². The number of ether oxygens (including phenoxy) is 2. The summed E-state index contributed by atoms with van der Waals surface area (Å²) in [7, 11) is 2.67. The predicted octanol–water partition coefficient (Wildman–Crippen LogP) is 2.32. The molecule has 0 unspecified atom stereocenters. The van der Waals surface area contributed by atoms with Gasteiger partial charge in [-0.05, 0) is 23.6 Å². The van der Waals surface area contributed by atoms with E-state index in [0.29, 0.717) is 17.5 Å². The van der Waals surface area contributed by atoms with Gasteiger partial charge in [0.15, 0.2) is 0 Å². The van der Waals surface area contributed by atoms with Crippen LogP contribution in [0.2, 0.25) is 0 Å². The lowest BCUT2D eigenvalue weighted by Gasteiger charge is -2.08. The van der Waals surface area contributed by atoms with Gasteiger partial charge in [0.1, 0.15) is 0 Å². The minimum absolute atomic E-state index is 0.238. The first-order valence-electron chi connectivity index (χ1n) is 5.45. The van der Waals surface area contributed by atoms with E-state index < -0.39 is 5.97 Å². The van der Waals surface area contributed by atoms with Gasteiger partial charge in [0, 0.05) is 12.3 Å². The molecule has 5 heteroatoms. The lowest BCUT2D eigenvalue weighted by atomic mass is 10.0. The summed E-state index contributed by atoms with van der Waals surface area (Å²) in [4.78, 5) is 22.6. The fraction of sp³-hybridized carbons (Fsp3) is 0.385. The van der Waals surface area contributed by atoms with Crippen molar-refractivity contribution in [2.75, 3.05) is 14.2 Å². The van der Waals surface area contributed by atoms with Gasteiger partial charge < -0.3 is 9.47 Å². The molecule has 4 nitrogen and oxygen atoms in total. The summed E-state index contributed by atoms with van der Waals surface area (Å²) in [5.74, 6) is -0.469. The number of esters is 2. The van der Waals surface area contributed by atoms with Gasteiger partial charge in [-0.1, -0.05) is 12.1 Å². The summed E-state index contributed by atoms with van der Waals surface area (Å²) < 4.78 is 9.26. The molecule has 1 rings (SSSR count). The number of aryl methyl sites for hydroxylation is 1. The number of alkyl halides is 1. The zero-order chi connectivity index (χ0) is 13.5. The van der Waals surface area contributed by atoms with E-state index in [9.17, 15) is 9.59 Å². The molecule has 0 atom stereocenters. The van der Waals surface area contributed by atoms with Crippen molar-refractivity contribution in [2.45, 2.75) is 18.7 Å². The summed E-state index contributed by atoms with van der Waals surface area (Å²) in [5.41, 5.74) is 2.02. The van der Waals surface area contributed by atoms with Crippen molar-refractivity contribution < 1.29 is 19.1 Å². The van der Waals surface area contributed by atoms with Crippen LogP contribution in [0.25, 0.3) is 0 Å². The van der Waals surface area contributed by atoms with E-state index in [2.05, 4.69) is 4.74 Å². The third kappa shape index (κ3) is 3.74. The lowest BCUT2D eigenvalue weighted by Crippen LogP contribution is -2.07. The van der Waals surface area contributed by atoms with Crippen LogP contribution >= 0.6 is 11.6 Å². The standard InChI is InChI=1S/C13H15ClO4/c1-17-12(15)6-4-9-3-5-10(8-14)11(7-9)13(16)18-2/h3,5,7H,4,6,8H2,1-2H3. The van der Waals surface area contributed by atoms with Gasteiger partial charge in [0.2, 0.25) is 0 Å². The molecule has 0 heterocycles. The Bertz CT molecular complexity index is 443. The van der Waals surface area contributed by atoms with Crippen LogP contribution in [0, 0.1) is 0 Å². The first kappa shape index (κ1) is 14.5. The van der Waals surface area contributed by atoms with Crippen LogP contribution in [0.3, 0.4) is 0 Å². The molecule has 0 aliphatic carbocycles. The number of carbonyl (C=O) groups is 2. The molecule has 1 aromatic rings. The van der Waals surface area contributed by atoms with E-state index >= 15 is 0 Å². The number of hydrogen-bond acceptors (Lipinski definition) is 4. The Morgan fingerprint density at radius 1 is 1.22 bits per heavy atom. The molecule has 0 saturated carbocycles. The molecular weight excluding hydrogens is 256 g/mol. The molecule has 98 valence electrons. The Hall–Kier alpha value is -1.55. The first-order chi connectivity index (χ1) is 8.62. The van der Waals surface area contributed by atoms with E-state index in [4.69, 9.17) is 16.3 Å². The Kier molecular flexibility index (Phi) is 5.65. The van der Waals surface area contributed by atoms with Crippen LogP contribution < -0.4 is 0 Å². The van der Waals surface area contributed by atoms with Gasteiger partial charge >= 0.3 is 11.9 Å². The fourth-order valence-corrected chi connectivity index (χ4v) is 1.78. The highest BCUT2D eigenvalue weighted by molar-refractivity contribution is 6.17. The minimum Gasteiger partial charge on any atom is -0.469 e. The average molecular weight is 271 g/mol. The molecule has 0 saturated heterocycles. The molecule has 0 aromatic heterocycles. The van der Waals surface area contributed by atoms with Crippen LogP contribution in [0.4, 0.5) is 0 Å². The maximum atomic E-state index is 11.6. The third-order valence-electron chi connectivity index (χ3n) is 2.57. The summed E-state index contributed by atoms with van der Waals surface area (Å²) in [6.45, 7) is 0. The number of carbonyl (C=O) groups excluding carboxylic acids is 2. The van der Waals surface area contributed by atoms with Gasteiger partial charge in [-0.15, -0.1) is 11.6 Å². The summed E-state index contributed by atoms with van der Waals surface area (Å²) in [5, 5.41) is 0. The molecule has 1 aromatic carbocycles. The molecular formula is C13H15ClO4.